The lowest BCUT2D eigenvalue weighted by molar-refractivity contribution is 0.403. The van der Waals surface area contributed by atoms with Crippen molar-refractivity contribution in [2.45, 2.75) is 39.3 Å². The van der Waals surface area contributed by atoms with E-state index in [1.807, 2.05) is 6.07 Å². The molecule has 0 amide bonds. The third-order valence-corrected chi connectivity index (χ3v) is 2.59. The van der Waals surface area contributed by atoms with E-state index in [0.29, 0.717) is 0 Å². The number of rotatable bonds is 7. The highest BCUT2D eigenvalue weighted by atomic mass is 16.5. The van der Waals surface area contributed by atoms with E-state index >= 15 is 0 Å². The highest BCUT2D eigenvalue weighted by molar-refractivity contribution is 5.29. The van der Waals surface area contributed by atoms with Crippen molar-refractivity contribution in [3.63, 3.8) is 0 Å². The minimum atomic E-state index is 0.203. The van der Waals surface area contributed by atoms with Crippen molar-refractivity contribution in [2.24, 2.45) is 0 Å². The van der Waals surface area contributed by atoms with E-state index in [2.05, 4.69) is 36.4 Å². The molecule has 18 heavy (non-hydrogen) atoms. The smallest absolute Gasteiger partial charge is 0.141 e. The summed E-state index contributed by atoms with van der Waals surface area (Å²) in [5.41, 5.74) is 1.35. The summed E-state index contributed by atoms with van der Waals surface area (Å²) in [6.07, 6.45) is 4.66. The second-order valence-electron chi connectivity index (χ2n) is 5.39. The summed E-state index contributed by atoms with van der Waals surface area (Å²) in [4.78, 5) is 4.04. The first-order chi connectivity index (χ1) is 8.53. The average Bonchev–Trinajstić information content (AvgIpc) is 2.32. The van der Waals surface area contributed by atoms with Crippen molar-refractivity contribution in [3.05, 3.63) is 24.0 Å². The van der Waals surface area contributed by atoms with Crippen molar-refractivity contribution in [2.75, 3.05) is 20.2 Å². The van der Waals surface area contributed by atoms with Gasteiger partial charge in [-0.05, 0) is 46.3 Å². The highest BCUT2D eigenvalue weighted by Crippen LogP contribution is 2.14. The molecule has 4 nitrogen and oxygen atoms in total. The molecule has 0 bridgehead atoms. The molecular weight excluding hydrogens is 226 g/mol. The van der Waals surface area contributed by atoms with Crippen LogP contribution in [-0.4, -0.2) is 30.7 Å². The summed E-state index contributed by atoms with van der Waals surface area (Å²) in [5.74, 6) is 0.845. The topological polar surface area (TPSA) is 46.2 Å². The van der Waals surface area contributed by atoms with Gasteiger partial charge in [0.15, 0.2) is 0 Å². The van der Waals surface area contributed by atoms with Crippen LogP contribution in [0, 0.1) is 0 Å². The number of nitrogens with zero attached hydrogens (tertiary/aromatic N) is 1. The number of ether oxygens (including phenoxy) is 1. The van der Waals surface area contributed by atoms with Crippen LogP contribution in [0.1, 0.15) is 32.8 Å². The quantitative estimate of drug-likeness (QED) is 0.727. The Morgan fingerprint density at radius 3 is 2.72 bits per heavy atom. The molecule has 0 fully saturated rings. The van der Waals surface area contributed by atoms with Crippen molar-refractivity contribution >= 4 is 0 Å². The Morgan fingerprint density at radius 1 is 1.28 bits per heavy atom. The molecule has 1 rings (SSSR count). The first-order valence-corrected chi connectivity index (χ1v) is 6.45. The first kappa shape index (κ1) is 14.9. The SMILES string of the molecule is COc1cnccc1CNCCCNC(C)(C)C. The maximum absolute atomic E-state index is 5.25. The van der Waals surface area contributed by atoms with E-state index in [4.69, 9.17) is 4.74 Å². The van der Waals surface area contributed by atoms with Gasteiger partial charge in [0.2, 0.25) is 0 Å². The van der Waals surface area contributed by atoms with Gasteiger partial charge in [-0.25, -0.2) is 0 Å². The molecule has 1 heterocycles. The lowest BCUT2D eigenvalue weighted by Crippen LogP contribution is -2.37. The standard InChI is InChI=1S/C14H25N3O/c1-14(2,3)17-8-5-7-15-10-12-6-9-16-11-13(12)18-4/h6,9,11,15,17H,5,7-8,10H2,1-4H3. The molecule has 0 atom stereocenters. The number of hydrogen-bond donors (Lipinski definition) is 2. The van der Waals surface area contributed by atoms with Gasteiger partial charge in [-0.3, -0.25) is 4.98 Å². The lowest BCUT2D eigenvalue weighted by atomic mass is 10.1. The predicted octanol–water partition coefficient (Wildman–Crippen LogP) is 1.96. The Balaban J connectivity index is 2.18. The second-order valence-corrected chi connectivity index (χ2v) is 5.39. The average molecular weight is 251 g/mol. The minimum absolute atomic E-state index is 0.203. The molecule has 0 radical (unpaired) electrons. The van der Waals surface area contributed by atoms with E-state index < -0.39 is 0 Å². The maximum Gasteiger partial charge on any atom is 0.141 e. The molecule has 0 unspecified atom stereocenters. The van der Waals surface area contributed by atoms with E-state index in [0.717, 1.165) is 37.4 Å². The van der Waals surface area contributed by atoms with Gasteiger partial charge in [-0.15, -0.1) is 0 Å². The Hall–Kier alpha value is -1.13. The summed E-state index contributed by atoms with van der Waals surface area (Å²) in [5, 5.41) is 6.88. The van der Waals surface area contributed by atoms with Gasteiger partial charge in [0.1, 0.15) is 5.75 Å². The molecule has 1 aromatic heterocycles. The Labute approximate surface area is 110 Å². The summed E-state index contributed by atoms with van der Waals surface area (Å²) in [6, 6.07) is 1.99. The zero-order valence-corrected chi connectivity index (χ0v) is 11.9. The van der Waals surface area contributed by atoms with Crippen LogP contribution in [0.25, 0.3) is 0 Å². The number of nitrogens with one attached hydrogen (secondary N) is 2. The fourth-order valence-corrected chi connectivity index (χ4v) is 1.64. The number of hydrogen-bond acceptors (Lipinski definition) is 4. The third-order valence-electron chi connectivity index (χ3n) is 2.59. The Morgan fingerprint density at radius 2 is 2.06 bits per heavy atom. The molecule has 0 spiro atoms. The monoisotopic (exact) mass is 251 g/mol. The predicted molar refractivity (Wildman–Crippen MR) is 74.9 cm³/mol. The summed E-state index contributed by atoms with van der Waals surface area (Å²) in [6.45, 7) is 9.40. The van der Waals surface area contributed by atoms with Crippen LogP contribution in [0.5, 0.6) is 5.75 Å². The van der Waals surface area contributed by atoms with Crippen LogP contribution in [-0.2, 0) is 6.54 Å². The van der Waals surface area contributed by atoms with Crippen molar-refractivity contribution in [1.29, 1.82) is 0 Å². The normalized spacial score (nSPS) is 11.6. The fourth-order valence-electron chi connectivity index (χ4n) is 1.64. The van der Waals surface area contributed by atoms with Crippen LogP contribution in [0.2, 0.25) is 0 Å². The van der Waals surface area contributed by atoms with Crippen LogP contribution in [0.3, 0.4) is 0 Å². The van der Waals surface area contributed by atoms with Crippen LogP contribution in [0.4, 0.5) is 0 Å². The molecule has 0 saturated heterocycles. The molecule has 2 N–H and O–H groups in total. The Bertz CT molecular complexity index is 347. The van der Waals surface area contributed by atoms with Crippen LogP contribution >= 0.6 is 0 Å². The van der Waals surface area contributed by atoms with Crippen molar-refractivity contribution in [1.82, 2.24) is 15.6 Å². The molecule has 0 aliphatic rings. The zero-order valence-electron chi connectivity index (χ0n) is 11.9. The molecule has 0 aromatic carbocycles. The van der Waals surface area contributed by atoms with E-state index in [-0.39, 0.29) is 5.54 Å². The van der Waals surface area contributed by atoms with Crippen LogP contribution in [0.15, 0.2) is 18.5 Å². The molecular formula is C14H25N3O. The van der Waals surface area contributed by atoms with Gasteiger partial charge in [0.25, 0.3) is 0 Å². The van der Waals surface area contributed by atoms with Gasteiger partial charge < -0.3 is 15.4 Å². The van der Waals surface area contributed by atoms with Crippen molar-refractivity contribution < 1.29 is 4.74 Å². The molecule has 102 valence electrons. The molecule has 0 aliphatic heterocycles. The summed E-state index contributed by atoms with van der Waals surface area (Å²) >= 11 is 0. The molecule has 1 aromatic rings. The zero-order chi connectivity index (χ0) is 13.4. The van der Waals surface area contributed by atoms with Crippen molar-refractivity contribution in [3.8, 4) is 5.75 Å². The largest absolute Gasteiger partial charge is 0.495 e. The minimum Gasteiger partial charge on any atom is -0.495 e. The first-order valence-electron chi connectivity index (χ1n) is 6.45. The van der Waals surface area contributed by atoms with Gasteiger partial charge in [-0.2, -0.15) is 0 Å². The van der Waals surface area contributed by atoms with E-state index in [9.17, 15) is 0 Å². The van der Waals surface area contributed by atoms with Crippen LogP contribution < -0.4 is 15.4 Å². The summed E-state index contributed by atoms with van der Waals surface area (Å²) in [7, 11) is 1.67. The molecule has 0 aliphatic carbocycles. The number of aromatic nitrogens is 1. The number of pyridine rings is 1. The third kappa shape index (κ3) is 5.98. The van der Waals surface area contributed by atoms with E-state index in [1.165, 1.54) is 0 Å². The molecule has 4 heteroatoms. The molecule has 0 saturated carbocycles. The van der Waals surface area contributed by atoms with Gasteiger partial charge in [-0.1, -0.05) is 0 Å². The Kier molecular flexibility index (Phi) is 6.09. The van der Waals surface area contributed by atoms with Gasteiger partial charge in [0, 0.05) is 23.8 Å². The van der Waals surface area contributed by atoms with E-state index in [1.54, 1.807) is 19.5 Å². The summed E-state index contributed by atoms with van der Waals surface area (Å²) < 4.78 is 5.25. The fraction of sp³-hybridized carbons (Fsp3) is 0.643. The lowest BCUT2D eigenvalue weighted by Gasteiger charge is -2.20. The number of methoxy groups -OCH3 is 1. The second kappa shape index (κ2) is 7.34. The maximum atomic E-state index is 5.25. The van der Waals surface area contributed by atoms with Gasteiger partial charge in [0.05, 0.1) is 13.3 Å². The van der Waals surface area contributed by atoms with Gasteiger partial charge >= 0.3 is 0 Å². The highest BCUT2D eigenvalue weighted by Gasteiger charge is 2.07.